The maximum atomic E-state index is 12.3. The maximum absolute atomic E-state index is 12.3. The molecule has 7 heteroatoms. The molecule has 0 bridgehead atoms. The van der Waals surface area contributed by atoms with E-state index in [-0.39, 0.29) is 12.5 Å². The second kappa shape index (κ2) is 10.9. The molecule has 1 N–H and O–H groups in total. The second-order valence-electron chi connectivity index (χ2n) is 7.16. The van der Waals surface area contributed by atoms with Gasteiger partial charge in [-0.2, -0.15) is 0 Å². The molecule has 0 aliphatic heterocycles. The SMILES string of the molecule is COc1cc(C=CC(=O)Nc2ccc(N(C)C)cc2)ccc1OCc1c(Cl)cccc1Cl. The van der Waals surface area contributed by atoms with Crippen LogP contribution in [-0.2, 0) is 11.4 Å². The summed E-state index contributed by atoms with van der Waals surface area (Å²) in [6.45, 7) is 0.207. The van der Waals surface area contributed by atoms with E-state index in [0.717, 1.165) is 16.9 Å². The van der Waals surface area contributed by atoms with Crippen molar-refractivity contribution in [3.8, 4) is 11.5 Å². The molecule has 0 aromatic heterocycles. The number of ether oxygens (including phenoxy) is 2. The molecular formula is C25H24Cl2N2O3. The lowest BCUT2D eigenvalue weighted by Crippen LogP contribution is -2.10. The molecule has 0 spiro atoms. The van der Waals surface area contributed by atoms with Crippen LogP contribution in [0.1, 0.15) is 11.1 Å². The number of methoxy groups -OCH3 is 1. The Bertz CT molecular complexity index is 1090. The second-order valence-corrected chi connectivity index (χ2v) is 7.98. The Labute approximate surface area is 198 Å². The summed E-state index contributed by atoms with van der Waals surface area (Å²) in [6.07, 6.45) is 3.18. The highest BCUT2D eigenvalue weighted by molar-refractivity contribution is 6.35. The summed E-state index contributed by atoms with van der Waals surface area (Å²) in [5, 5.41) is 3.92. The molecule has 0 aliphatic rings. The van der Waals surface area contributed by atoms with Gasteiger partial charge < -0.3 is 19.7 Å². The molecule has 0 unspecified atom stereocenters. The van der Waals surface area contributed by atoms with Crippen LogP contribution in [0, 0.1) is 0 Å². The van der Waals surface area contributed by atoms with Crippen molar-refractivity contribution in [1.29, 1.82) is 0 Å². The molecular weight excluding hydrogens is 447 g/mol. The van der Waals surface area contributed by atoms with Gasteiger partial charge in [0.15, 0.2) is 11.5 Å². The molecule has 0 fully saturated rings. The summed E-state index contributed by atoms with van der Waals surface area (Å²) in [5.74, 6) is 0.858. The third-order valence-electron chi connectivity index (χ3n) is 4.70. The minimum absolute atomic E-state index is 0.207. The lowest BCUT2D eigenvalue weighted by Gasteiger charge is -2.13. The number of nitrogens with one attached hydrogen (secondary N) is 1. The summed E-state index contributed by atoms with van der Waals surface area (Å²) in [4.78, 5) is 14.3. The number of nitrogens with zero attached hydrogens (tertiary/aromatic N) is 1. The highest BCUT2D eigenvalue weighted by atomic mass is 35.5. The number of rotatable bonds is 8. The highest BCUT2D eigenvalue weighted by Crippen LogP contribution is 2.31. The fourth-order valence-corrected chi connectivity index (χ4v) is 3.43. The van der Waals surface area contributed by atoms with Crippen molar-refractivity contribution >= 4 is 46.6 Å². The van der Waals surface area contributed by atoms with E-state index in [0.29, 0.717) is 27.1 Å². The Kier molecular flexibility index (Phi) is 8.03. The van der Waals surface area contributed by atoms with E-state index in [1.165, 1.54) is 6.08 Å². The van der Waals surface area contributed by atoms with Crippen molar-refractivity contribution in [3.05, 3.63) is 87.9 Å². The number of carbonyl (C=O) groups excluding carboxylic acids is 1. The van der Waals surface area contributed by atoms with Gasteiger partial charge in [0.1, 0.15) is 6.61 Å². The van der Waals surface area contributed by atoms with Gasteiger partial charge in [-0.3, -0.25) is 4.79 Å². The van der Waals surface area contributed by atoms with E-state index in [9.17, 15) is 4.79 Å². The standard InChI is InChI=1S/C25H24Cl2N2O3/c1-29(2)19-11-9-18(10-12-19)28-25(30)14-8-17-7-13-23(24(15-17)31-3)32-16-20-21(26)5-4-6-22(20)27/h4-15H,16H2,1-3H3,(H,28,30). The van der Waals surface area contributed by atoms with Gasteiger partial charge in [-0.15, -0.1) is 0 Å². The van der Waals surface area contributed by atoms with Crippen LogP contribution >= 0.6 is 23.2 Å². The van der Waals surface area contributed by atoms with Crippen molar-refractivity contribution < 1.29 is 14.3 Å². The maximum Gasteiger partial charge on any atom is 0.248 e. The fraction of sp³-hybridized carbons (Fsp3) is 0.160. The monoisotopic (exact) mass is 470 g/mol. The molecule has 0 radical (unpaired) electrons. The number of halogens is 2. The lowest BCUT2D eigenvalue weighted by atomic mass is 10.2. The van der Waals surface area contributed by atoms with Gasteiger partial charge in [0.05, 0.1) is 7.11 Å². The third-order valence-corrected chi connectivity index (χ3v) is 5.41. The van der Waals surface area contributed by atoms with Gasteiger partial charge in [-0.1, -0.05) is 35.3 Å². The van der Waals surface area contributed by atoms with Gasteiger partial charge in [0.25, 0.3) is 0 Å². The molecule has 0 saturated carbocycles. The molecule has 166 valence electrons. The minimum atomic E-state index is -0.227. The van der Waals surface area contributed by atoms with E-state index in [2.05, 4.69) is 5.32 Å². The molecule has 5 nitrogen and oxygen atoms in total. The Balaban J connectivity index is 1.64. The Morgan fingerprint density at radius 2 is 1.69 bits per heavy atom. The van der Waals surface area contributed by atoms with Crippen molar-refractivity contribution in [1.82, 2.24) is 0 Å². The van der Waals surface area contributed by atoms with Gasteiger partial charge in [-0.05, 0) is 60.2 Å². The van der Waals surface area contributed by atoms with Crippen LogP contribution in [0.15, 0.2) is 66.7 Å². The first kappa shape index (κ1) is 23.5. The lowest BCUT2D eigenvalue weighted by molar-refractivity contribution is -0.111. The molecule has 0 saturated heterocycles. The number of hydrogen-bond donors (Lipinski definition) is 1. The van der Waals surface area contributed by atoms with E-state index < -0.39 is 0 Å². The zero-order valence-electron chi connectivity index (χ0n) is 18.1. The fourth-order valence-electron chi connectivity index (χ4n) is 2.93. The quantitative estimate of drug-likeness (QED) is 0.392. The van der Waals surface area contributed by atoms with Crippen molar-refractivity contribution in [3.63, 3.8) is 0 Å². The summed E-state index contributed by atoms with van der Waals surface area (Å²) in [7, 11) is 5.49. The molecule has 1 amide bonds. The highest BCUT2D eigenvalue weighted by Gasteiger charge is 2.10. The molecule has 0 aliphatic carbocycles. The van der Waals surface area contributed by atoms with Crippen LogP contribution in [0.3, 0.4) is 0 Å². The number of anilines is 2. The van der Waals surface area contributed by atoms with Crippen molar-refractivity contribution in [2.75, 3.05) is 31.4 Å². The predicted octanol–water partition coefficient (Wildman–Crippen LogP) is 6.30. The first-order chi connectivity index (χ1) is 15.4. The summed E-state index contributed by atoms with van der Waals surface area (Å²) in [6, 6.07) is 18.3. The first-order valence-electron chi connectivity index (χ1n) is 9.87. The van der Waals surface area contributed by atoms with Crippen molar-refractivity contribution in [2.24, 2.45) is 0 Å². The number of carbonyl (C=O) groups is 1. The topological polar surface area (TPSA) is 50.8 Å². The van der Waals surface area contributed by atoms with Crippen LogP contribution in [-0.4, -0.2) is 27.1 Å². The van der Waals surface area contributed by atoms with E-state index in [4.69, 9.17) is 32.7 Å². The van der Waals surface area contributed by atoms with E-state index in [1.54, 1.807) is 43.5 Å². The van der Waals surface area contributed by atoms with E-state index in [1.807, 2.05) is 49.3 Å². The number of hydrogen-bond acceptors (Lipinski definition) is 4. The van der Waals surface area contributed by atoms with Crippen LogP contribution in [0.5, 0.6) is 11.5 Å². The van der Waals surface area contributed by atoms with Gasteiger partial charge in [-0.25, -0.2) is 0 Å². The van der Waals surface area contributed by atoms with Gasteiger partial charge in [0.2, 0.25) is 5.91 Å². The number of amides is 1. The van der Waals surface area contributed by atoms with Crippen LogP contribution in [0.25, 0.3) is 6.08 Å². The predicted molar refractivity (Wildman–Crippen MR) is 132 cm³/mol. The molecule has 0 atom stereocenters. The Morgan fingerprint density at radius 3 is 2.31 bits per heavy atom. The van der Waals surface area contributed by atoms with Crippen molar-refractivity contribution in [2.45, 2.75) is 6.61 Å². The van der Waals surface area contributed by atoms with Gasteiger partial charge in [0, 0.05) is 47.2 Å². The zero-order chi connectivity index (χ0) is 23.1. The van der Waals surface area contributed by atoms with E-state index >= 15 is 0 Å². The zero-order valence-corrected chi connectivity index (χ0v) is 19.6. The summed E-state index contributed by atoms with van der Waals surface area (Å²) >= 11 is 12.4. The molecule has 32 heavy (non-hydrogen) atoms. The molecule has 3 aromatic rings. The third kappa shape index (κ3) is 6.19. The normalized spacial score (nSPS) is 10.8. The Hall–Kier alpha value is -3.15. The molecule has 3 rings (SSSR count). The molecule has 3 aromatic carbocycles. The average molecular weight is 471 g/mol. The minimum Gasteiger partial charge on any atom is -0.493 e. The largest absolute Gasteiger partial charge is 0.493 e. The average Bonchev–Trinajstić information content (AvgIpc) is 2.78. The first-order valence-corrected chi connectivity index (χ1v) is 10.6. The van der Waals surface area contributed by atoms with Crippen LogP contribution < -0.4 is 19.7 Å². The molecule has 0 heterocycles. The summed E-state index contributed by atoms with van der Waals surface area (Å²) in [5.41, 5.74) is 3.29. The number of benzene rings is 3. The Morgan fingerprint density at radius 1 is 1.00 bits per heavy atom. The van der Waals surface area contributed by atoms with Crippen LogP contribution in [0.2, 0.25) is 10.0 Å². The van der Waals surface area contributed by atoms with Gasteiger partial charge >= 0.3 is 0 Å². The smallest absolute Gasteiger partial charge is 0.248 e. The summed E-state index contributed by atoms with van der Waals surface area (Å²) < 4.78 is 11.3. The van der Waals surface area contributed by atoms with Crippen LogP contribution in [0.4, 0.5) is 11.4 Å².